The van der Waals surface area contributed by atoms with Gasteiger partial charge in [-0.3, -0.25) is 0 Å². The fourth-order valence-electron chi connectivity index (χ4n) is 1.78. The molecule has 18 heavy (non-hydrogen) atoms. The second kappa shape index (κ2) is 10.8. The molecule has 0 bridgehead atoms. The highest BCUT2D eigenvalue weighted by Gasteiger charge is 2.21. The van der Waals surface area contributed by atoms with E-state index in [0.717, 1.165) is 51.7 Å². The van der Waals surface area contributed by atoms with Crippen LogP contribution in [0.4, 0.5) is 0 Å². The second-order valence-corrected chi connectivity index (χ2v) is 5.90. The minimum atomic E-state index is 0.357. The molecule has 0 saturated carbocycles. The predicted octanol–water partition coefficient (Wildman–Crippen LogP) is 3.09. The second-order valence-electron chi connectivity index (χ2n) is 5.90. The first-order valence-electron chi connectivity index (χ1n) is 7.31. The average Bonchev–Trinajstić information content (AvgIpc) is 2.33. The fourth-order valence-corrected chi connectivity index (χ4v) is 1.78. The van der Waals surface area contributed by atoms with Crippen LogP contribution in [0, 0.1) is 11.3 Å². The molecule has 0 aromatic carbocycles. The Bertz CT molecular complexity index is 185. The number of hydrogen-bond acceptors (Lipinski definition) is 3. The van der Waals surface area contributed by atoms with Gasteiger partial charge in [-0.05, 0) is 37.1 Å². The third kappa shape index (κ3) is 9.86. The Labute approximate surface area is 114 Å². The lowest BCUT2D eigenvalue weighted by molar-refractivity contribution is 0.0781. The highest BCUT2D eigenvalue weighted by Crippen LogP contribution is 2.24. The van der Waals surface area contributed by atoms with Gasteiger partial charge in [-0.1, -0.05) is 27.7 Å². The maximum absolute atomic E-state index is 5.65. The summed E-state index contributed by atoms with van der Waals surface area (Å²) in [6.07, 6.45) is 3.31. The largest absolute Gasteiger partial charge is 0.385 e. The standard InChI is InChI=1S/C15H33NO2/c1-6-15(4,13-16-12-14(2)3)8-11-18-10-7-9-17-5/h14,16H,6-13H2,1-5H3. The lowest BCUT2D eigenvalue weighted by atomic mass is 9.84. The summed E-state index contributed by atoms with van der Waals surface area (Å²) >= 11 is 0. The molecular weight excluding hydrogens is 226 g/mol. The van der Waals surface area contributed by atoms with Gasteiger partial charge in [0.05, 0.1) is 0 Å². The molecule has 0 aromatic rings. The molecule has 110 valence electrons. The van der Waals surface area contributed by atoms with Crippen LogP contribution in [-0.2, 0) is 9.47 Å². The number of ether oxygens (including phenoxy) is 2. The van der Waals surface area contributed by atoms with Gasteiger partial charge in [0.25, 0.3) is 0 Å². The van der Waals surface area contributed by atoms with Crippen LogP contribution in [0.2, 0.25) is 0 Å². The maximum Gasteiger partial charge on any atom is 0.0487 e. The van der Waals surface area contributed by atoms with Crippen molar-refractivity contribution in [1.29, 1.82) is 0 Å². The summed E-state index contributed by atoms with van der Waals surface area (Å²) in [5.74, 6) is 0.719. The highest BCUT2D eigenvalue weighted by atomic mass is 16.5. The van der Waals surface area contributed by atoms with Crippen molar-refractivity contribution in [3.05, 3.63) is 0 Å². The highest BCUT2D eigenvalue weighted by molar-refractivity contribution is 4.75. The van der Waals surface area contributed by atoms with Crippen LogP contribution in [0.15, 0.2) is 0 Å². The van der Waals surface area contributed by atoms with Gasteiger partial charge in [-0.25, -0.2) is 0 Å². The van der Waals surface area contributed by atoms with Crippen LogP contribution in [0.3, 0.4) is 0 Å². The van der Waals surface area contributed by atoms with E-state index >= 15 is 0 Å². The van der Waals surface area contributed by atoms with Gasteiger partial charge in [-0.15, -0.1) is 0 Å². The number of nitrogens with one attached hydrogen (secondary N) is 1. The van der Waals surface area contributed by atoms with Crippen molar-refractivity contribution >= 4 is 0 Å². The molecule has 3 heteroatoms. The summed E-state index contributed by atoms with van der Waals surface area (Å²) < 4.78 is 10.6. The van der Waals surface area contributed by atoms with Gasteiger partial charge in [0.15, 0.2) is 0 Å². The molecule has 0 saturated heterocycles. The van der Waals surface area contributed by atoms with E-state index in [1.54, 1.807) is 7.11 Å². The Morgan fingerprint density at radius 3 is 2.44 bits per heavy atom. The maximum atomic E-state index is 5.65. The van der Waals surface area contributed by atoms with E-state index in [-0.39, 0.29) is 0 Å². The summed E-state index contributed by atoms with van der Waals surface area (Å²) in [5.41, 5.74) is 0.357. The molecule has 0 aliphatic rings. The minimum absolute atomic E-state index is 0.357. The van der Waals surface area contributed by atoms with Gasteiger partial charge in [0.2, 0.25) is 0 Å². The summed E-state index contributed by atoms with van der Waals surface area (Å²) in [7, 11) is 1.73. The molecule has 3 nitrogen and oxygen atoms in total. The van der Waals surface area contributed by atoms with Crippen LogP contribution in [0.5, 0.6) is 0 Å². The van der Waals surface area contributed by atoms with E-state index < -0.39 is 0 Å². The Balaban J connectivity index is 3.65. The molecule has 0 rings (SSSR count). The Morgan fingerprint density at radius 2 is 1.89 bits per heavy atom. The van der Waals surface area contributed by atoms with Crippen molar-refractivity contribution in [2.45, 2.75) is 47.0 Å². The summed E-state index contributed by atoms with van der Waals surface area (Å²) in [6.45, 7) is 13.8. The smallest absolute Gasteiger partial charge is 0.0487 e. The Hall–Kier alpha value is -0.120. The number of rotatable bonds is 12. The van der Waals surface area contributed by atoms with Gasteiger partial charge < -0.3 is 14.8 Å². The SMILES string of the molecule is CCC(C)(CCOCCCOC)CNCC(C)C. The zero-order valence-electron chi connectivity index (χ0n) is 13.1. The molecule has 1 N–H and O–H groups in total. The van der Waals surface area contributed by atoms with Gasteiger partial charge >= 0.3 is 0 Å². The third-order valence-electron chi connectivity index (χ3n) is 3.45. The molecular formula is C15H33NO2. The third-order valence-corrected chi connectivity index (χ3v) is 3.45. The molecule has 1 unspecified atom stereocenters. The summed E-state index contributed by atoms with van der Waals surface area (Å²) in [6, 6.07) is 0. The molecule has 0 aromatic heterocycles. The normalized spacial score (nSPS) is 15.0. The molecule has 0 amide bonds. The van der Waals surface area contributed by atoms with Crippen LogP contribution in [-0.4, -0.2) is 40.0 Å². The summed E-state index contributed by atoms with van der Waals surface area (Å²) in [4.78, 5) is 0. The van der Waals surface area contributed by atoms with Crippen LogP contribution in [0.25, 0.3) is 0 Å². The zero-order chi connectivity index (χ0) is 13.9. The topological polar surface area (TPSA) is 30.5 Å². The van der Waals surface area contributed by atoms with Crippen LogP contribution < -0.4 is 5.32 Å². The molecule has 0 aliphatic carbocycles. The molecule has 0 fully saturated rings. The van der Waals surface area contributed by atoms with E-state index in [0.29, 0.717) is 5.41 Å². The van der Waals surface area contributed by atoms with E-state index in [1.165, 1.54) is 6.42 Å². The minimum Gasteiger partial charge on any atom is -0.385 e. The van der Waals surface area contributed by atoms with Gasteiger partial charge in [-0.2, -0.15) is 0 Å². The fraction of sp³-hybridized carbons (Fsp3) is 1.00. The molecule has 0 aliphatic heterocycles. The number of methoxy groups -OCH3 is 1. The van der Waals surface area contributed by atoms with Crippen molar-refractivity contribution in [2.24, 2.45) is 11.3 Å². The molecule has 0 spiro atoms. The quantitative estimate of drug-likeness (QED) is 0.546. The van der Waals surface area contributed by atoms with Gasteiger partial charge in [0.1, 0.15) is 0 Å². The molecule has 0 radical (unpaired) electrons. The first kappa shape index (κ1) is 17.9. The Morgan fingerprint density at radius 1 is 1.17 bits per heavy atom. The zero-order valence-corrected chi connectivity index (χ0v) is 13.1. The lowest BCUT2D eigenvalue weighted by Gasteiger charge is -2.29. The lowest BCUT2D eigenvalue weighted by Crippen LogP contribution is -2.34. The molecule has 0 heterocycles. The molecule has 1 atom stereocenters. The monoisotopic (exact) mass is 259 g/mol. The summed E-state index contributed by atoms with van der Waals surface area (Å²) in [5, 5.41) is 3.56. The van der Waals surface area contributed by atoms with Crippen LogP contribution in [0.1, 0.15) is 47.0 Å². The van der Waals surface area contributed by atoms with E-state index in [9.17, 15) is 0 Å². The average molecular weight is 259 g/mol. The van der Waals surface area contributed by atoms with Crippen molar-refractivity contribution in [2.75, 3.05) is 40.0 Å². The van der Waals surface area contributed by atoms with E-state index in [4.69, 9.17) is 9.47 Å². The van der Waals surface area contributed by atoms with Crippen molar-refractivity contribution in [3.8, 4) is 0 Å². The first-order valence-corrected chi connectivity index (χ1v) is 7.31. The Kier molecular flexibility index (Phi) is 10.7. The van der Waals surface area contributed by atoms with Crippen molar-refractivity contribution in [1.82, 2.24) is 5.32 Å². The van der Waals surface area contributed by atoms with Gasteiger partial charge in [0, 0.05) is 33.5 Å². The number of hydrogen-bond donors (Lipinski definition) is 1. The van der Waals surface area contributed by atoms with E-state index in [2.05, 4.69) is 33.0 Å². The first-order chi connectivity index (χ1) is 8.54. The van der Waals surface area contributed by atoms with Crippen molar-refractivity contribution in [3.63, 3.8) is 0 Å². The predicted molar refractivity (Wildman–Crippen MR) is 78.0 cm³/mol. The van der Waals surface area contributed by atoms with Crippen LogP contribution >= 0.6 is 0 Å². The van der Waals surface area contributed by atoms with E-state index in [1.807, 2.05) is 0 Å². The van der Waals surface area contributed by atoms with Crippen molar-refractivity contribution < 1.29 is 9.47 Å².